The van der Waals surface area contributed by atoms with Gasteiger partial charge in [0.2, 0.25) is 0 Å². The van der Waals surface area contributed by atoms with Gasteiger partial charge in [-0.15, -0.1) is 11.8 Å². The van der Waals surface area contributed by atoms with Crippen LogP contribution in [-0.4, -0.2) is 18.9 Å². The summed E-state index contributed by atoms with van der Waals surface area (Å²) in [4.78, 5) is 1.27. The predicted molar refractivity (Wildman–Crippen MR) is 86.6 cm³/mol. The van der Waals surface area contributed by atoms with Crippen LogP contribution in [0.4, 0.5) is 0 Å². The molecule has 0 saturated heterocycles. The Bertz CT molecular complexity index is 539. The molecule has 2 rings (SSSR count). The fourth-order valence-electron chi connectivity index (χ4n) is 2.00. The summed E-state index contributed by atoms with van der Waals surface area (Å²) in [5.41, 5.74) is 8.72. The second-order valence-electron chi connectivity index (χ2n) is 4.94. The van der Waals surface area contributed by atoms with Crippen LogP contribution in [0.5, 0.6) is 5.75 Å². The van der Waals surface area contributed by atoms with Gasteiger partial charge in [-0.1, -0.05) is 29.8 Å². The molecular formula is C17H21NOS. The minimum absolute atomic E-state index is 0.147. The zero-order valence-corrected chi connectivity index (χ0v) is 12.8. The maximum atomic E-state index is 6.21. The van der Waals surface area contributed by atoms with Crippen LogP contribution in [0.2, 0.25) is 0 Å². The Labute approximate surface area is 125 Å². The molecule has 0 bridgehead atoms. The van der Waals surface area contributed by atoms with E-state index in [-0.39, 0.29) is 6.04 Å². The first-order valence-electron chi connectivity index (χ1n) is 6.75. The third-order valence-electron chi connectivity index (χ3n) is 3.12. The van der Waals surface area contributed by atoms with Crippen LogP contribution in [0.15, 0.2) is 53.4 Å². The van der Waals surface area contributed by atoms with Gasteiger partial charge in [0.25, 0.3) is 0 Å². The minimum atomic E-state index is 0.147. The van der Waals surface area contributed by atoms with E-state index in [4.69, 9.17) is 10.5 Å². The maximum Gasteiger partial charge on any atom is 0.119 e. The summed E-state index contributed by atoms with van der Waals surface area (Å²) in [6.07, 6.45) is 0.871. The number of rotatable bonds is 6. The van der Waals surface area contributed by atoms with Crippen molar-refractivity contribution in [3.8, 4) is 5.75 Å². The zero-order chi connectivity index (χ0) is 14.4. The molecule has 2 nitrogen and oxygen atoms in total. The molecule has 0 saturated carbocycles. The van der Waals surface area contributed by atoms with Crippen molar-refractivity contribution in [1.82, 2.24) is 0 Å². The monoisotopic (exact) mass is 287 g/mol. The largest absolute Gasteiger partial charge is 0.497 e. The summed E-state index contributed by atoms with van der Waals surface area (Å²) in [6, 6.07) is 16.8. The van der Waals surface area contributed by atoms with Gasteiger partial charge >= 0.3 is 0 Å². The fourth-order valence-corrected chi connectivity index (χ4v) is 2.85. The first-order chi connectivity index (χ1) is 9.67. The molecular weight excluding hydrogens is 266 g/mol. The Hall–Kier alpha value is -1.45. The van der Waals surface area contributed by atoms with Gasteiger partial charge in [-0.05, 0) is 43.2 Å². The van der Waals surface area contributed by atoms with E-state index in [0.29, 0.717) is 0 Å². The molecule has 1 unspecified atom stereocenters. The van der Waals surface area contributed by atoms with Crippen LogP contribution in [0.3, 0.4) is 0 Å². The van der Waals surface area contributed by atoms with Crippen LogP contribution in [0, 0.1) is 6.92 Å². The molecule has 0 amide bonds. The molecule has 106 valence electrons. The van der Waals surface area contributed by atoms with Crippen molar-refractivity contribution in [2.24, 2.45) is 5.73 Å². The van der Waals surface area contributed by atoms with Crippen LogP contribution in [0.1, 0.15) is 11.1 Å². The van der Waals surface area contributed by atoms with Crippen molar-refractivity contribution in [3.05, 3.63) is 59.7 Å². The summed E-state index contributed by atoms with van der Waals surface area (Å²) in [5.74, 6) is 1.81. The second kappa shape index (κ2) is 7.36. The zero-order valence-electron chi connectivity index (χ0n) is 12.0. The Kier molecular flexibility index (Phi) is 5.50. The highest BCUT2D eigenvalue weighted by Gasteiger charge is 2.06. The molecule has 0 aliphatic carbocycles. The lowest BCUT2D eigenvalue weighted by Gasteiger charge is -2.12. The van der Waals surface area contributed by atoms with E-state index in [2.05, 4.69) is 43.3 Å². The van der Waals surface area contributed by atoms with Crippen molar-refractivity contribution in [1.29, 1.82) is 0 Å². The molecule has 0 heterocycles. The summed E-state index contributed by atoms with van der Waals surface area (Å²) in [7, 11) is 1.69. The number of benzene rings is 2. The number of nitrogens with two attached hydrogens (primary N) is 1. The topological polar surface area (TPSA) is 35.2 Å². The molecule has 0 aromatic heterocycles. The van der Waals surface area contributed by atoms with E-state index in [9.17, 15) is 0 Å². The average Bonchev–Trinajstić information content (AvgIpc) is 2.47. The Morgan fingerprint density at radius 1 is 1.15 bits per heavy atom. The Morgan fingerprint density at radius 3 is 2.60 bits per heavy atom. The van der Waals surface area contributed by atoms with Gasteiger partial charge in [0.15, 0.2) is 0 Å². The summed E-state index contributed by atoms with van der Waals surface area (Å²) < 4.78 is 5.23. The molecule has 3 heteroatoms. The number of hydrogen-bond donors (Lipinski definition) is 1. The summed E-state index contributed by atoms with van der Waals surface area (Å²) in [5, 5.41) is 0. The van der Waals surface area contributed by atoms with Crippen LogP contribution < -0.4 is 10.5 Å². The normalized spacial score (nSPS) is 12.2. The SMILES string of the molecule is COc1cccc(CC(N)CSc2ccc(C)cc2)c1. The number of ether oxygens (including phenoxy) is 1. The van der Waals surface area contributed by atoms with Crippen molar-refractivity contribution < 1.29 is 4.74 Å². The van der Waals surface area contributed by atoms with Crippen molar-refractivity contribution in [2.45, 2.75) is 24.3 Å². The smallest absolute Gasteiger partial charge is 0.119 e. The molecule has 0 radical (unpaired) electrons. The molecule has 0 spiro atoms. The van der Waals surface area contributed by atoms with Crippen molar-refractivity contribution >= 4 is 11.8 Å². The molecule has 1 atom stereocenters. The molecule has 20 heavy (non-hydrogen) atoms. The molecule has 2 aromatic carbocycles. The maximum absolute atomic E-state index is 6.21. The highest BCUT2D eigenvalue weighted by atomic mass is 32.2. The standard InChI is InChI=1S/C17H21NOS/c1-13-6-8-17(9-7-13)20-12-15(18)10-14-4-3-5-16(11-14)19-2/h3-9,11,15H,10,12,18H2,1-2H3. The Balaban J connectivity index is 1.85. The molecule has 0 aliphatic rings. The lowest BCUT2D eigenvalue weighted by Crippen LogP contribution is -2.25. The first kappa shape index (κ1) is 14.9. The fraction of sp³-hybridized carbons (Fsp3) is 0.294. The Morgan fingerprint density at radius 2 is 1.90 bits per heavy atom. The molecule has 0 aliphatic heterocycles. The van der Waals surface area contributed by atoms with Crippen LogP contribution >= 0.6 is 11.8 Å². The number of aryl methyl sites for hydroxylation is 1. The van der Waals surface area contributed by atoms with Crippen molar-refractivity contribution in [3.63, 3.8) is 0 Å². The minimum Gasteiger partial charge on any atom is -0.497 e. The van der Waals surface area contributed by atoms with Gasteiger partial charge in [-0.25, -0.2) is 0 Å². The van der Waals surface area contributed by atoms with Crippen LogP contribution in [0.25, 0.3) is 0 Å². The predicted octanol–water partition coefficient (Wildman–Crippen LogP) is 3.67. The van der Waals surface area contributed by atoms with E-state index in [0.717, 1.165) is 17.9 Å². The summed E-state index contributed by atoms with van der Waals surface area (Å²) >= 11 is 1.81. The van der Waals surface area contributed by atoms with E-state index >= 15 is 0 Å². The van der Waals surface area contributed by atoms with Gasteiger partial charge in [-0.2, -0.15) is 0 Å². The second-order valence-corrected chi connectivity index (χ2v) is 6.03. The number of hydrogen-bond acceptors (Lipinski definition) is 3. The van der Waals surface area contributed by atoms with Gasteiger partial charge in [0, 0.05) is 16.7 Å². The third-order valence-corrected chi connectivity index (χ3v) is 4.32. The van der Waals surface area contributed by atoms with Gasteiger partial charge < -0.3 is 10.5 Å². The number of thioether (sulfide) groups is 1. The van der Waals surface area contributed by atoms with E-state index in [1.807, 2.05) is 23.9 Å². The van der Waals surface area contributed by atoms with Crippen molar-refractivity contribution in [2.75, 3.05) is 12.9 Å². The lowest BCUT2D eigenvalue weighted by molar-refractivity contribution is 0.414. The quantitative estimate of drug-likeness (QED) is 0.823. The highest BCUT2D eigenvalue weighted by Crippen LogP contribution is 2.20. The third kappa shape index (κ3) is 4.58. The number of methoxy groups -OCH3 is 1. The van der Waals surface area contributed by atoms with Gasteiger partial charge in [0.05, 0.1) is 7.11 Å². The van der Waals surface area contributed by atoms with Crippen LogP contribution in [-0.2, 0) is 6.42 Å². The van der Waals surface area contributed by atoms with Gasteiger partial charge in [0.1, 0.15) is 5.75 Å². The molecule has 0 fully saturated rings. The lowest BCUT2D eigenvalue weighted by atomic mass is 10.1. The van der Waals surface area contributed by atoms with E-state index in [1.165, 1.54) is 16.0 Å². The molecule has 2 N–H and O–H groups in total. The first-order valence-corrected chi connectivity index (χ1v) is 7.74. The highest BCUT2D eigenvalue weighted by molar-refractivity contribution is 7.99. The molecule has 2 aromatic rings. The van der Waals surface area contributed by atoms with Gasteiger partial charge in [-0.3, -0.25) is 0 Å². The van der Waals surface area contributed by atoms with E-state index < -0.39 is 0 Å². The average molecular weight is 287 g/mol. The van der Waals surface area contributed by atoms with E-state index in [1.54, 1.807) is 7.11 Å². The summed E-state index contributed by atoms with van der Waals surface area (Å²) in [6.45, 7) is 2.10.